The quantitative estimate of drug-likeness (QED) is 0.456. The summed E-state index contributed by atoms with van der Waals surface area (Å²) in [6.45, 7) is 11.4. The molecule has 0 saturated heterocycles. The first-order valence-electron chi connectivity index (χ1n) is 11.9. The molecule has 2 heterocycles. The Labute approximate surface area is 191 Å². The molecule has 0 aliphatic heterocycles. The first-order valence-corrected chi connectivity index (χ1v) is 11.9. The Morgan fingerprint density at radius 3 is 2.34 bits per heavy atom. The van der Waals surface area contributed by atoms with Crippen molar-refractivity contribution in [2.75, 3.05) is 11.9 Å². The lowest BCUT2D eigenvalue weighted by Crippen LogP contribution is -2.44. The van der Waals surface area contributed by atoms with Crippen molar-refractivity contribution in [2.24, 2.45) is 0 Å². The maximum atomic E-state index is 13.1. The lowest BCUT2D eigenvalue weighted by molar-refractivity contribution is 0.239. The fourth-order valence-corrected chi connectivity index (χ4v) is 5.22. The van der Waals surface area contributed by atoms with Crippen molar-refractivity contribution < 1.29 is 4.79 Å². The van der Waals surface area contributed by atoms with Gasteiger partial charge in [0.15, 0.2) is 0 Å². The molecule has 4 rings (SSSR count). The number of benzene rings is 1. The Morgan fingerprint density at radius 2 is 1.72 bits per heavy atom. The van der Waals surface area contributed by atoms with E-state index in [9.17, 15) is 4.79 Å². The number of nitrogens with one attached hydrogen (secondary N) is 2. The van der Waals surface area contributed by atoms with Crippen molar-refractivity contribution >= 4 is 22.8 Å². The number of fused-ring (bicyclic) bond motifs is 1. The van der Waals surface area contributed by atoms with Crippen LogP contribution >= 0.6 is 0 Å². The molecule has 170 valence electrons. The highest BCUT2D eigenvalue weighted by molar-refractivity contribution is 5.91. The molecule has 0 radical (unpaired) electrons. The van der Waals surface area contributed by atoms with Gasteiger partial charge in [-0.1, -0.05) is 58.7 Å². The molecule has 2 aromatic heterocycles. The van der Waals surface area contributed by atoms with Crippen LogP contribution in [0.4, 0.5) is 10.5 Å². The SMILES string of the molecule is Cc1cn(C2(CNC(=O)Nc3c(C(C)C)cccc3C(C)C)CCCC2)c2ncccc12. The number of hydrogen-bond acceptors (Lipinski definition) is 2. The largest absolute Gasteiger partial charge is 0.335 e. The summed E-state index contributed by atoms with van der Waals surface area (Å²) >= 11 is 0. The van der Waals surface area contributed by atoms with Crippen LogP contribution in [0.3, 0.4) is 0 Å². The molecule has 1 saturated carbocycles. The number of aryl methyl sites for hydroxylation is 1. The van der Waals surface area contributed by atoms with Crippen molar-refractivity contribution in [1.82, 2.24) is 14.9 Å². The number of carbonyl (C=O) groups excluding carboxylic acids is 1. The van der Waals surface area contributed by atoms with Crippen LogP contribution in [0.15, 0.2) is 42.7 Å². The van der Waals surface area contributed by atoms with Crippen LogP contribution in [0, 0.1) is 6.92 Å². The number of aromatic nitrogens is 2. The van der Waals surface area contributed by atoms with Crippen LogP contribution in [-0.4, -0.2) is 22.1 Å². The summed E-state index contributed by atoms with van der Waals surface area (Å²) in [6, 6.07) is 10.3. The average Bonchev–Trinajstić information content (AvgIpc) is 3.38. The van der Waals surface area contributed by atoms with Crippen LogP contribution in [0.25, 0.3) is 11.0 Å². The van der Waals surface area contributed by atoms with E-state index in [4.69, 9.17) is 0 Å². The molecule has 3 aromatic rings. The molecular formula is C27H36N4O. The normalized spacial score (nSPS) is 15.6. The lowest BCUT2D eigenvalue weighted by Gasteiger charge is -2.32. The molecule has 2 N–H and O–H groups in total. The Morgan fingerprint density at radius 1 is 1.06 bits per heavy atom. The van der Waals surface area contributed by atoms with Gasteiger partial charge in [0.25, 0.3) is 0 Å². The summed E-state index contributed by atoms with van der Waals surface area (Å²) in [6.07, 6.45) is 8.51. The number of carbonyl (C=O) groups is 1. The van der Waals surface area contributed by atoms with Crippen molar-refractivity contribution in [3.05, 3.63) is 59.4 Å². The second-order valence-corrected chi connectivity index (χ2v) is 9.92. The smallest absolute Gasteiger partial charge is 0.319 e. The van der Waals surface area contributed by atoms with Gasteiger partial charge in [0.2, 0.25) is 0 Å². The first-order chi connectivity index (χ1) is 15.3. The molecule has 5 nitrogen and oxygen atoms in total. The highest BCUT2D eigenvalue weighted by Crippen LogP contribution is 2.39. The van der Waals surface area contributed by atoms with Crippen molar-refractivity contribution in [3.63, 3.8) is 0 Å². The van der Waals surface area contributed by atoms with E-state index in [1.165, 1.54) is 34.9 Å². The number of amides is 2. The molecule has 0 bridgehead atoms. The van der Waals surface area contributed by atoms with E-state index >= 15 is 0 Å². The summed E-state index contributed by atoms with van der Waals surface area (Å²) in [5, 5.41) is 7.61. The van der Waals surface area contributed by atoms with Gasteiger partial charge in [0.05, 0.1) is 5.54 Å². The van der Waals surface area contributed by atoms with Gasteiger partial charge < -0.3 is 15.2 Å². The van der Waals surface area contributed by atoms with E-state index in [1.807, 2.05) is 12.3 Å². The van der Waals surface area contributed by atoms with Gasteiger partial charge >= 0.3 is 6.03 Å². The average molecular weight is 433 g/mol. The van der Waals surface area contributed by atoms with Gasteiger partial charge in [-0.15, -0.1) is 0 Å². The van der Waals surface area contributed by atoms with Crippen molar-refractivity contribution in [1.29, 1.82) is 0 Å². The van der Waals surface area contributed by atoms with Crippen molar-refractivity contribution in [2.45, 2.75) is 77.7 Å². The highest BCUT2D eigenvalue weighted by Gasteiger charge is 2.37. The zero-order chi connectivity index (χ0) is 22.9. The summed E-state index contributed by atoms with van der Waals surface area (Å²) in [4.78, 5) is 17.8. The van der Waals surface area contributed by atoms with Gasteiger partial charge in [0, 0.05) is 30.0 Å². The van der Waals surface area contributed by atoms with Gasteiger partial charge in [-0.25, -0.2) is 9.78 Å². The highest BCUT2D eigenvalue weighted by atomic mass is 16.2. The van der Waals surface area contributed by atoms with E-state index in [0.717, 1.165) is 24.2 Å². The van der Waals surface area contributed by atoms with Gasteiger partial charge in [-0.2, -0.15) is 0 Å². The van der Waals surface area contributed by atoms with Crippen LogP contribution in [0.2, 0.25) is 0 Å². The minimum atomic E-state index is -0.132. The number of anilines is 1. The number of rotatable bonds is 6. The van der Waals surface area contributed by atoms with E-state index < -0.39 is 0 Å². The minimum Gasteiger partial charge on any atom is -0.335 e. The standard InChI is InChI=1S/C27H36N4O/c1-18(2)21-10-8-11-22(19(3)4)24(21)30-26(32)29-17-27(13-6-7-14-27)31-16-20(5)23-12-9-15-28-25(23)31/h8-12,15-16,18-19H,6-7,13-14,17H2,1-5H3,(H2,29,30,32). The van der Waals surface area contributed by atoms with Crippen LogP contribution in [-0.2, 0) is 5.54 Å². The maximum Gasteiger partial charge on any atom is 0.319 e. The molecule has 5 heteroatoms. The van der Waals surface area contributed by atoms with E-state index in [-0.39, 0.29) is 11.6 Å². The third-order valence-corrected chi connectivity index (χ3v) is 7.00. The number of pyridine rings is 1. The van der Waals surface area contributed by atoms with Crippen LogP contribution < -0.4 is 10.6 Å². The monoisotopic (exact) mass is 432 g/mol. The molecule has 1 fully saturated rings. The Hall–Kier alpha value is -2.82. The second kappa shape index (κ2) is 8.97. The molecule has 1 aliphatic carbocycles. The lowest BCUT2D eigenvalue weighted by atomic mass is 9.92. The third-order valence-electron chi connectivity index (χ3n) is 7.00. The number of para-hydroxylation sites is 1. The molecule has 0 unspecified atom stereocenters. The Balaban J connectivity index is 1.58. The predicted molar refractivity (Wildman–Crippen MR) is 133 cm³/mol. The van der Waals surface area contributed by atoms with Gasteiger partial charge in [-0.3, -0.25) is 0 Å². The van der Waals surface area contributed by atoms with Crippen LogP contribution in [0.1, 0.15) is 81.9 Å². The maximum absolute atomic E-state index is 13.1. The van der Waals surface area contributed by atoms with Crippen molar-refractivity contribution in [3.8, 4) is 0 Å². The summed E-state index contributed by atoms with van der Waals surface area (Å²) in [7, 11) is 0. The Bertz CT molecular complexity index is 1080. The number of nitrogens with zero attached hydrogens (tertiary/aromatic N) is 2. The fraction of sp³-hybridized carbons (Fsp3) is 0.481. The minimum absolute atomic E-state index is 0.128. The molecular weight excluding hydrogens is 396 g/mol. The van der Waals surface area contributed by atoms with E-state index in [0.29, 0.717) is 18.4 Å². The zero-order valence-electron chi connectivity index (χ0n) is 20.0. The van der Waals surface area contributed by atoms with Crippen LogP contribution in [0.5, 0.6) is 0 Å². The molecule has 1 aromatic carbocycles. The second-order valence-electron chi connectivity index (χ2n) is 9.92. The molecule has 0 spiro atoms. The zero-order valence-corrected chi connectivity index (χ0v) is 20.0. The summed E-state index contributed by atoms with van der Waals surface area (Å²) in [5.41, 5.74) is 5.43. The fourth-order valence-electron chi connectivity index (χ4n) is 5.22. The summed E-state index contributed by atoms with van der Waals surface area (Å²) in [5.74, 6) is 0.677. The van der Waals surface area contributed by atoms with Gasteiger partial charge in [0.1, 0.15) is 5.65 Å². The first kappa shape index (κ1) is 22.4. The van der Waals surface area contributed by atoms with E-state index in [1.54, 1.807) is 0 Å². The van der Waals surface area contributed by atoms with E-state index in [2.05, 4.69) is 85.3 Å². The number of hydrogen-bond donors (Lipinski definition) is 2. The molecule has 2 amide bonds. The molecule has 0 atom stereocenters. The third kappa shape index (κ3) is 4.13. The number of urea groups is 1. The Kier molecular flexibility index (Phi) is 6.27. The topological polar surface area (TPSA) is 59.0 Å². The summed E-state index contributed by atoms with van der Waals surface area (Å²) < 4.78 is 2.33. The predicted octanol–water partition coefficient (Wildman–Crippen LogP) is 6.68. The molecule has 32 heavy (non-hydrogen) atoms. The molecule has 1 aliphatic rings. The van der Waals surface area contributed by atoms with Gasteiger partial charge in [-0.05, 0) is 60.4 Å².